The molecule has 28 heavy (non-hydrogen) atoms. The minimum atomic E-state index is -0.493. The molecule has 0 aliphatic carbocycles. The standard InChI is InChI=1S/C20H17N3O3S2/c1-10-7-12(3-4-13(10)20(21)25)23-17(24)9-26-15-8-16-18(22-11(2)28-16)19-14(15)5-6-27-19/h3-8H,9H2,1-2H3,(H2,21,25)(H,23,24). The Hall–Kier alpha value is -2.97. The van der Waals surface area contributed by atoms with Crippen LogP contribution in [0, 0.1) is 13.8 Å². The largest absolute Gasteiger partial charge is 0.483 e. The maximum absolute atomic E-state index is 12.3. The number of ether oxygens (including phenoxy) is 1. The monoisotopic (exact) mass is 411 g/mol. The highest BCUT2D eigenvalue weighted by atomic mass is 32.1. The number of primary amides is 1. The van der Waals surface area contributed by atoms with E-state index in [1.165, 1.54) is 0 Å². The Kier molecular flexibility index (Phi) is 4.74. The van der Waals surface area contributed by atoms with Crippen molar-refractivity contribution in [1.82, 2.24) is 4.98 Å². The SMILES string of the molecule is Cc1nc2c(cc(OCC(=O)Nc3ccc(C(N)=O)c(C)c3)c3ccsc32)s1. The summed E-state index contributed by atoms with van der Waals surface area (Å²) in [6.45, 7) is 3.63. The van der Waals surface area contributed by atoms with Gasteiger partial charge in [0, 0.05) is 22.7 Å². The van der Waals surface area contributed by atoms with Gasteiger partial charge in [-0.3, -0.25) is 9.59 Å². The first kappa shape index (κ1) is 18.4. The molecule has 0 saturated carbocycles. The van der Waals surface area contributed by atoms with Crippen LogP contribution in [0.2, 0.25) is 0 Å². The minimum Gasteiger partial charge on any atom is -0.483 e. The predicted octanol–water partition coefficient (Wildman–Crippen LogP) is 4.24. The number of aryl methyl sites for hydroxylation is 2. The highest BCUT2D eigenvalue weighted by molar-refractivity contribution is 7.21. The molecule has 0 atom stereocenters. The van der Waals surface area contributed by atoms with Crippen molar-refractivity contribution in [3.8, 4) is 5.75 Å². The van der Waals surface area contributed by atoms with Crippen LogP contribution in [0.25, 0.3) is 20.3 Å². The number of hydrogen-bond donors (Lipinski definition) is 2. The summed E-state index contributed by atoms with van der Waals surface area (Å²) in [5.74, 6) is -0.106. The van der Waals surface area contributed by atoms with Gasteiger partial charge < -0.3 is 15.8 Å². The molecule has 142 valence electrons. The zero-order chi connectivity index (χ0) is 19.8. The van der Waals surface area contributed by atoms with Crippen LogP contribution in [0.15, 0.2) is 35.7 Å². The zero-order valence-electron chi connectivity index (χ0n) is 15.2. The lowest BCUT2D eigenvalue weighted by atomic mass is 10.1. The smallest absolute Gasteiger partial charge is 0.262 e. The number of aromatic nitrogens is 1. The molecule has 0 aliphatic rings. The molecule has 0 aliphatic heterocycles. The van der Waals surface area contributed by atoms with Crippen molar-refractivity contribution in [1.29, 1.82) is 0 Å². The van der Waals surface area contributed by atoms with E-state index in [-0.39, 0.29) is 12.5 Å². The second-order valence-corrected chi connectivity index (χ2v) is 8.50. The molecule has 0 unspecified atom stereocenters. The van der Waals surface area contributed by atoms with Gasteiger partial charge in [0.05, 0.1) is 19.9 Å². The van der Waals surface area contributed by atoms with Gasteiger partial charge in [0.15, 0.2) is 6.61 Å². The van der Waals surface area contributed by atoms with Crippen LogP contribution in [0.1, 0.15) is 20.9 Å². The number of nitrogens with two attached hydrogens (primary N) is 1. The van der Waals surface area contributed by atoms with Gasteiger partial charge in [0.1, 0.15) is 5.75 Å². The number of rotatable bonds is 5. The molecular weight excluding hydrogens is 394 g/mol. The fourth-order valence-electron chi connectivity index (χ4n) is 3.06. The van der Waals surface area contributed by atoms with Crippen LogP contribution in [0.3, 0.4) is 0 Å². The van der Waals surface area contributed by atoms with Crippen LogP contribution in [0.5, 0.6) is 5.75 Å². The second-order valence-electron chi connectivity index (χ2n) is 6.35. The number of hydrogen-bond acceptors (Lipinski definition) is 6. The van der Waals surface area contributed by atoms with E-state index in [0.29, 0.717) is 22.6 Å². The van der Waals surface area contributed by atoms with Crippen molar-refractivity contribution in [3.63, 3.8) is 0 Å². The van der Waals surface area contributed by atoms with Gasteiger partial charge in [0.2, 0.25) is 5.91 Å². The molecule has 2 heterocycles. The third kappa shape index (κ3) is 3.44. The molecule has 4 rings (SSSR count). The Labute approximate surface area is 169 Å². The van der Waals surface area contributed by atoms with Crippen molar-refractivity contribution >= 4 is 60.5 Å². The Balaban J connectivity index is 1.51. The fourth-order valence-corrected chi connectivity index (χ4v) is 4.90. The Morgan fingerprint density at radius 2 is 2.04 bits per heavy atom. The third-order valence-electron chi connectivity index (χ3n) is 4.30. The van der Waals surface area contributed by atoms with E-state index in [1.807, 2.05) is 24.4 Å². The molecule has 2 amide bonds. The van der Waals surface area contributed by atoms with Crippen LogP contribution < -0.4 is 15.8 Å². The fraction of sp³-hybridized carbons (Fsp3) is 0.150. The van der Waals surface area contributed by atoms with E-state index in [9.17, 15) is 9.59 Å². The number of thiazole rings is 1. The molecule has 3 N–H and O–H groups in total. The predicted molar refractivity (Wildman–Crippen MR) is 114 cm³/mol. The Morgan fingerprint density at radius 1 is 1.21 bits per heavy atom. The van der Waals surface area contributed by atoms with Gasteiger partial charge in [-0.25, -0.2) is 4.98 Å². The molecule has 2 aromatic carbocycles. The number of anilines is 1. The topological polar surface area (TPSA) is 94.3 Å². The molecule has 2 aromatic heterocycles. The lowest BCUT2D eigenvalue weighted by Gasteiger charge is -2.10. The first-order valence-electron chi connectivity index (χ1n) is 8.53. The molecule has 0 bridgehead atoms. The molecule has 0 radical (unpaired) electrons. The van der Waals surface area contributed by atoms with E-state index < -0.39 is 5.91 Å². The number of benzene rings is 2. The molecule has 0 spiro atoms. The second kappa shape index (κ2) is 7.21. The third-order valence-corrected chi connectivity index (χ3v) is 6.14. The number of nitrogens with zero attached hydrogens (tertiary/aromatic N) is 1. The van der Waals surface area contributed by atoms with Gasteiger partial charge in [-0.1, -0.05) is 0 Å². The number of fused-ring (bicyclic) bond motifs is 3. The van der Waals surface area contributed by atoms with Gasteiger partial charge in [-0.15, -0.1) is 22.7 Å². The number of carbonyl (C=O) groups excluding carboxylic acids is 2. The molecule has 0 saturated heterocycles. The van der Waals surface area contributed by atoms with Crippen molar-refractivity contribution in [2.75, 3.05) is 11.9 Å². The molecule has 0 fully saturated rings. The Morgan fingerprint density at radius 3 is 2.79 bits per heavy atom. The maximum atomic E-state index is 12.3. The summed E-state index contributed by atoms with van der Waals surface area (Å²) in [6, 6.07) is 8.87. The first-order valence-corrected chi connectivity index (χ1v) is 10.2. The summed E-state index contributed by atoms with van der Waals surface area (Å²) < 4.78 is 7.93. The van der Waals surface area contributed by atoms with E-state index in [1.54, 1.807) is 47.8 Å². The van der Waals surface area contributed by atoms with E-state index in [4.69, 9.17) is 10.5 Å². The number of thiophene rings is 1. The molecule has 8 heteroatoms. The Bertz CT molecular complexity index is 1230. The first-order chi connectivity index (χ1) is 13.4. The van der Waals surface area contributed by atoms with Gasteiger partial charge in [-0.2, -0.15) is 0 Å². The molecule has 6 nitrogen and oxygen atoms in total. The quantitative estimate of drug-likeness (QED) is 0.513. The maximum Gasteiger partial charge on any atom is 0.262 e. The van der Waals surface area contributed by atoms with Crippen molar-refractivity contribution < 1.29 is 14.3 Å². The number of amides is 2. The number of carbonyl (C=O) groups is 2. The van der Waals surface area contributed by atoms with Gasteiger partial charge >= 0.3 is 0 Å². The summed E-state index contributed by atoms with van der Waals surface area (Å²) in [5.41, 5.74) is 8.01. The molecule has 4 aromatic rings. The highest BCUT2D eigenvalue weighted by Crippen LogP contribution is 2.38. The molecular formula is C20H17N3O3S2. The van der Waals surface area contributed by atoms with Crippen molar-refractivity contribution in [3.05, 3.63) is 51.8 Å². The van der Waals surface area contributed by atoms with E-state index >= 15 is 0 Å². The van der Waals surface area contributed by atoms with E-state index in [0.717, 1.165) is 25.3 Å². The van der Waals surface area contributed by atoms with Gasteiger partial charge in [0.25, 0.3) is 5.91 Å². The summed E-state index contributed by atoms with van der Waals surface area (Å²) in [6.07, 6.45) is 0. The highest BCUT2D eigenvalue weighted by Gasteiger charge is 2.14. The van der Waals surface area contributed by atoms with Crippen LogP contribution in [0.4, 0.5) is 5.69 Å². The summed E-state index contributed by atoms with van der Waals surface area (Å²) in [7, 11) is 0. The van der Waals surface area contributed by atoms with Crippen molar-refractivity contribution in [2.24, 2.45) is 5.73 Å². The lowest BCUT2D eigenvalue weighted by molar-refractivity contribution is -0.118. The summed E-state index contributed by atoms with van der Waals surface area (Å²) in [4.78, 5) is 28.2. The average molecular weight is 412 g/mol. The average Bonchev–Trinajstić information content (AvgIpc) is 3.25. The van der Waals surface area contributed by atoms with Crippen LogP contribution >= 0.6 is 22.7 Å². The lowest BCUT2D eigenvalue weighted by Crippen LogP contribution is -2.20. The van der Waals surface area contributed by atoms with Crippen molar-refractivity contribution in [2.45, 2.75) is 13.8 Å². The van der Waals surface area contributed by atoms with E-state index in [2.05, 4.69) is 10.3 Å². The normalized spacial score (nSPS) is 11.1. The van der Waals surface area contributed by atoms with Gasteiger partial charge in [-0.05, 0) is 49.1 Å². The number of nitrogens with one attached hydrogen (secondary N) is 1. The van der Waals surface area contributed by atoms with Crippen LogP contribution in [-0.2, 0) is 4.79 Å². The summed E-state index contributed by atoms with van der Waals surface area (Å²) >= 11 is 3.22. The zero-order valence-corrected chi connectivity index (χ0v) is 16.9. The van der Waals surface area contributed by atoms with Crippen LogP contribution in [-0.4, -0.2) is 23.4 Å². The minimum absolute atomic E-state index is 0.120. The summed E-state index contributed by atoms with van der Waals surface area (Å²) in [5, 5.41) is 6.72.